The van der Waals surface area contributed by atoms with Crippen molar-refractivity contribution < 1.29 is 4.74 Å². The molecule has 1 aliphatic carbocycles. The van der Waals surface area contributed by atoms with Crippen LogP contribution in [0, 0.1) is 11.3 Å². The molecule has 1 aromatic carbocycles. The molecule has 21 heavy (non-hydrogen) atoms. The Bertz CT molecular complexity index is 456. The molecular weight excluding hydrogens is 260 g/mol. The van der Waals surface area contributed by atoms with Crippen molar-refractivity contribution in [1.29, 1.82) is 0 Å². The van der Waals surface area contributed by atoms with Gasteiger partial charge in [-0.05, 0) is 44.1 Å². The van der Waals surface area contributed by atoms with E-state index in [0.29, 0.717) is 11.3 Å². The lowest BCUT2D eigenvalue weighted by Crippen LogP contribution is -2.42. The number of hydrogen-bond acceptors (Lipinski definition) is 3. The zero-order valence-electron chi connectivity index (χ0n) is 13.9. The smallest absolute Gasteiger partial charge is 0.124 e. The third-order valence-electron chi connectivity index (χ3n) is 4.79. The van der Waals surface area contributed by atoms with Gasteiger partial charge in [-0.15, -0.1) is 0 Å². The monoisotopic (exact) mass is 290 g/mol. The first-order chi connectivity index (χ1) is 9.95. The van der Waals surface area contributed by atoms with E-state index in [1.165, 1.54) is 31.2 Å². The average molecular weight is 290 g/mol. The van der Waals surface area contributed by atoms with Crippen LogP contribution in [0.4, 0.5) is 0 Å². The molecule has 3 nitrogen and oxygen atoms in total. The second kappa shape index (κ2) is 6.80. The summed E-state index contributed by atoms with van der Waals surface area (Å²) in [5.41, 5.74) is 4.57. The molecule has 0 aromatic heterocycles. The Morgan fingerprint density at radius 3 is 2.57 bits per heavy atom. The van der Waals surface area contributed by atoms with Crippen molar-refractivity contribution in [2.24, 2.45) is 17.2 Å². The molecule has 0 amide bonds. The van der Waals surface area contributed by atoms with Gasteiger partial charge >= 0.3 is 0 Å². The minimum atomic E-state index is 0.148. The zero-order chi connectivity index (χ0) is 15.5. The lowest BCUT2D eigenvalue weighted by Gasteiger charge is -2.43. The topological polar surface area (TPSA) is 47.3 Å². The van der Waals surface area contributed by atoms with Crippen LogP contribution in [-0.4, -0.2) is 6.10 Å². The lowest BCUT2D eigenvalue weighted by atomic mass is 9.65. The fourth-order valence-electron chi connectivity index (χ4n) is 3.66. The molecule has 118 valence electrons. The summed E-state index contributed by atoms with van der Waals surface area (Å²) in [5.74, 6) is 7.44. The summed E-state index contributed by atoms with van der Waals surface area (Å²) in [6, 6.07) is 8.45. The SMILES string of the molecule is CC(C)Oc1ccccc1C(NN)C1CCCCC1(C)C. The van der Waals surface area contributed by atoms with Crippen molar-refractivity contribution in [2.45, 2.75) is 65.5 Å². The molecule has 1 aliphatic rings. The fraction of sp³-hybridized carbons (Fsp3) is 0.667. The minimum Gasteiger partial charge on any atom is -0.491 e. The molecule has 1 saturated carbocycles. The third-order valence-corrected chi connectivity index (χ3v) is 4.79. The number of hydrazine groups is 1. The normalized spacial score (nSPS) is 23.0. The molecule has 3 heteroatoms. The van der Waals surface area contributed by atoms with Crippen LogP contribution in [0.5, 0.6) is 5.75 Å². The van der Waals surface area contributed by atoms with Gasteiger partial charge in [0, 0.05) is 5.56 Å². The summed E-state index contributed by atoms with van der Waals surface area (Å²) < 4.78 is 5.99. The molecule has 0 saturated heterocycles. The molecule has 1 fully saturated rings. The van der Waals surface area contributed by atoms with Crippen molar-refractivity contribution >= 4 is 0 Å². The molecule has 0 radical (unpaired) electrons. The molecule has 2 rings (SSSR count). The van der Waals surface area contributed by atoms with Crippen molar-refractivity contribution in [2.75, 3.05) is 0 Å². The maximum absolute atomic E-state index is 5.99. The van der Waals surface area contributed by atoms with Crippen LogP contribution in [0.15, 0.2) is 24.3 Å². The van der Waals surface area contributed by atoms with Gasteiger partial charge in [0.15, 0.2) is 0 Å². The maximum atomic E-state index is 5.99. The number of nitrogens with one attached hydrogen (secondary N) is 1. The van der Waals surface area contributed by atoms with E-state index in [0.717, 1.165) is 5.75 Å². The summed E-state index contributed by atoms with van der Waals surface area (Å²) in [7, 11) is 0. The van der Waals surface area contributed by atoms with E-state index in [4.69, 9.17) is 10.6 Å². The molecule has 1 aromatic rings. The Kier molecular flexibility index (Phi) is 5.28. The summed E-state index contributed by atoms with van der Waals surface area (Å²) in [6.45, 7) is 8.86. The molecule has 0 spiro atoms. The van der Waals surface area contributed by atoms with Gasteiger partial charge in [0.25, 0.3) is 0 Å². The van der Waals surface area contributed by atoms with Gasteiger partial charge in [0.05, 0.1) is 12.1 Å². The molecule has 2 unspecified atom stereocenters. The quantitative estimate of drug-likeness (QED) is 0.631. The predicted molar refractivity (Wildman–Crippen MR) is 88.0 cm³/mol. The molecule has 0 bridgehead atoms. The Morgan fingerprint density at radius 2 is 1.95 bits per heavy atom. The predicted octanol–water partition coefficient (Wildman–Crippen LogP) is 4.19. The fourth-order valence-corrected chi connectivity index (χ4v) is 3.66. The van der Waals surface area contributed by atoms with Crippen LogP contribution >= 0.6 is 0 Å². The first kappa shape index (κ1) is 16.3. The molecule has 0 aliphatic heterocycles. The number of benzene rings is 1. The van der Waals surface area contributed by atoms with E-state index in [9.17, 15) is 0 Å². The van der Waals surface area contributed by atoms with Crippen molar-refractivity contribution in [3.8, 4) is 5.75 Å². The Hall–Kier alpha value is -1.06. The van der Waals surface area contributed by atoms with Crippen LogP contribution in [0.25, 0.3) is 0 Å². The third kappa shape index (κ3) is 3.78. The summed E-state index contributed by atoms with van der Waals surface area (Å²) >= 11 is 0. The molecule has 0 heterocycles. The maximum Gasteiger partial charge on any atom is 0.124 e. The Balaban J connectivity index is 2.32. The van der Waals surface area contributed by atoms with Crippen LogP contribution in [0.2, 0.25) is 0 Å². The first-order valence-corrected chi connectivity index (χ1v) is 8.17. The number of ether oxygens (including phenoxy) is 1. The number of nitrogens with two attached hydrogens (primary N) is 1. The standard InChI is InChI=1S/C18H30N2O/c1-13(2)21-16-11-6-5-9-14(16)17(20-19)15-10-7-8-12-18(15,3)4/h5-6,9,11,13,15,17,20H,7-8,10,12,19H2,1-4H3. The van der Waals surface area contributed by atoms with E-state index >= 15 is 0 Å². The number of para-hydroxylation sites is 1. The Labute approximate surface area is 129 Å². The van der Waals surface area contributed by atoms with Gasteiger partial charge in [-0.1, -0.05) is 44.9 Å². The highest BCUT2D eigenvalue weighted by Gasteiger charge is 2.38. The number of hydrogen-bond donors (Lipinski definition) is 2. The van der Waals surface area contributed by atoms with Gasteiger partial charge in [-0.3, -0.25) is 11.3 Å². The number of rotatable bonds is 5. The zero-order valence-corrected chi connectivity index (χ0v) is 13.9. The summed E-state index contributed by atoms with van der Waals surface area (Å²) in [4.78, 5) is 0. The van der Waals surface area contributed by atoms with Crippen molar-refractivity contribution in [3.05, 3.63) is 29.8 Å². The average Bonchev–Trinajstić information content (AvgIpc) is 2.42. The van der Waals surface area contributed by atoms with Crippen LogP contribution < -0.4 is 16.0 Å². The van der Waals surface area contributed by atoms with Crippen LogP contribution in [0.3, 0.4) is 0 Å². The van der Waals surface area contributed by atoms with Crippen LogP contribution in [-0.2, 0) is 0 Å². The van der Waals surface area contributed by atoms with E-state index in [2.05, 4.69) is 51.3 Å². The first-order valence-electron chi connectivity index (χ1n) is 8.17. The minimum absolute atomic E-state index is 0.148. The van der Waals surface area contributed by atoms with E-state index < -0.39 is 0 Å². The summed E-state index contributed by atoms with van der Waals surface area (Å²) in [6.07, 6.45) is 5.27. The van der Waals surface area contributed by atoms with E-state index in [1.54, 1.807) is 0 Å². The second-order valence-electron chi connectivity index (χ2n) is 7.19. The van der Waals surface area contributed by atoms with Crippen molar-refractivity contribution in [1.82, 2.24) is 5.43 Å². The van der Waals surface area contributed by atoms with E-state index in [1.807, 2.05) is 6.07 Å². The highest BCUT2D eigenvalue weighted by Crippen LogP contribution is 2.47. The molecule has 2 atom stereocenters. The van der Waals surface area contributed by atoms with Gasteiger partial charge in [0.1, 0.15) is 5.75 Å². The van der Waals surface area contributed by atoms with Gasteiger partial charge in [0.2, 0.25) is 0 Å². The Morgan fingerprint density at radius 1 is 1.24 bits per heavy atom. The lowest BCUT2D eigenvalue weighted by molar-refractivity contribution is 0.0961. The van der Waals surface area contributed by atoms with E-state index in [-0.39, 0.29) is 12.1 Å². The van der Waals surface area contributed by atoms with Crippen LogP contribution in [0.1, 0.15) is 65.0 Å². The van der Waals surface area contributed by atoms with Gasteiger partial charge in [-0.25, -0.2) is 0 Å². The highest BCUT2D eigenvalue weighted by atomic mass is 16.5. The van der Waals surface area contributed by atoms with Crippen molar-refractivity contribution in [3.63, 3.8) is 0 Å². The largest absolute Gasteiger partial charge is 0.491 e. The molecule has 3 N–H and O–H groups in total. The highest BCUT2D eigenvalue weighted by molar-refractivity contribution is 5.36. The summed E-state index contributed by atoms with van der Waals surface area (Å²) in [5, 5.41) is 0. The molecular formula is C18H30N2O. The van der Waals surface area contributed by atoms with Gasteiger partial charge in [-0.2, -0.15) is 0 Å². The van der Waals surface area contributed by atoms with Gasteiger partial charge < -0.3 is 4.74 Å². The second-order valence-corrected chi connectivity index (χ2v) is 7.19.